The number of piperidine rings is 1. The Labute approximate surface area is 189 Å². The van der Waals surface area contributed by atoms with Gasteiger partial charge in [-0.2, -0.15) is 0 Å². The zero-order valence-corrected chi connectivity index (χ0v) is 19.7. The number of likely N-dealkylation sites (tertiary alicyclic amines) is 1. The molecule has 0 spiro atoms. The van der Waals surface area contributed by atoms with Crippen molar-refractivity contribution in [3.8, 4) is 0 Å². The van der Waals surface area contributed by atoms with Gasteiger partial charge in [-0.1, -0.05) is 18.2 Å². The van der Waals surface area contributed by atoms with Crippen molar-refractivity contribution in [1.29, 1.82) is 0 Å². The third kappa shape index (κ3) is 5.40. The monoisotopic (exact) mass is 458 g/mol. The molecule has 1 aliphatic heterocycles. The Kier molecular flexibility index (Phi) is 7.08. The molecule has 0 aliphatic carbocycles. The molecule has 1 heterocycles. The van der Waals surface area contributed by atoms with Gasteiger partial charge in [-0.15, -0.1) is 0 Å². The highest BCUT2D eigenvalue weighted by atomic mass is 32.2. The van der Waals surface area contributed by atoms with Crippen molar-refractivity contribution >= 4 is 33.3 Å². The maximum atomic E-state index is 12.8. The van der Waals surface area contributed by atoms with Crippen molar-refractivity contribution in [2.75, 3.05) is 37.2 Å². The Morgan fingerprint density at radius 2 is 1.53 bits per heavy atom. The van der Waals surface area contributed by atoms with Gasteiger partial charge in [-0.05, 0) is 62.1 Å². The van der Waals surface area contributed by atoms with E-state index in [0.29, 0.717) is 37.3 Å². The largest absolute Gasteiger partial charge is 0.331 e. The van der Waals surface area contributed by atoms with Crippen LogP contribution >= 0.6 is 0 Å². The SMILES string of the molecule is Cc1cccc(C)c1NS(=O)(=O)c1ccc(NC(=O)C2CCN(C(=O)N(C)C)CC2)cc1. The lowest BCUT2D eigenvalue weighted by atomic mass is 9.96. The molecule has 0 aromatic heterocycles. The summed E-state index contributed by atoms with van der Waals surface area (Å²) in [4.78, 5) is 28.0. The number of rotatable bonds is 5. The van der Waals surface area contributed by atoms with E-state index in [0.717, 1.165) is 11.1 Å². The number of sulfonamides is 1. The summed E-state index contributed by atoms with van der Waals surface area (Å²) in [5.41, 5.74) is 2.79. The summed E-state index contributed by atoms with van der Waals surface area (Å²) in [5, 5.41) is 2.86. The molecule has 2 aromatic rings. The molecule has 9 heteroatoms. The fraction of sp³-hybridized carbons (Fsp3) is 0.391. The van der Waals surface area contributed by atoms with Crippen LogP contribution in [0.25, 0.3) is 0 Å². The quantitative estimate of drug-likeness (QED) is 0.717. The van der Waals surface area contributed by atoms with Gasteiger partial charge in [0.05, 0.1) is 10.6 Å². The van der Waals surface area contributed by atoms with Gasteiger partial charge in [0, 0.05) is 38.8 Å². The molecule has 1 saturated heterocycles. The maximum absolute atomic E-state index is 12.8. The molecule has 3 rings (SSSR count). The average molecular weight is 459 g/mol. The highest BCUT2D eigenvalue weighted by molar-refractivity contribution is 7.92. The third-order valence-electron chi connectivity index (χ3n) is 5.67. The van der Waals surface area contributed by atoms with Crippen molar-refractivity contribution in [1.82, 2.24) is 9.80 Å². The minimum absolute atomic E-state index is 0.0462. The summed E-state index contributed by atoms with van der Waals surface area (Å²) >= 11 is 0. The number of nitrogens with one attached hydrogen (secondary N) is 2. The lowest BCUT2D eigenvalue weighted by Crippen LogP contribution is -2.45. The molecular weight excluding hydrogens is 428 g/mol. The Balaban J connectivity index is 1.61. The molecule has 2 N–H and O–H groups in total. The highest BCUT2D eigenvalue weighted by Crippen LogP contribution is 2.25. The van der Waals surface area contributed by atoms with E-state index < -0.39 is 10.0 Å². The molecule has 0 atom stereocenters. The van der Waals surface area contributed by atoms with E-state index in [1.807, 2.05) is 32.0 Å². The van der Waals surface area contributed by atoms with E-state index in [9.17, 15) is 18.0 Å². The number of hydrogen-bond acceptors (Lipinski definition) is 4. The maximum Gasteiger partial charge on any atom is 0.319 e. The molecule has 0 saturated carbocycles. The van der Waals surface area contributed by atoms with Crippen LogP contribution in [0.2, 0.25) is 0 Å². The van der Waals surface area contributed by atoms with E-state index in [1.54, 1.807) is 31.1 Å². The van der Waals surface area contributed by atoms with Crippen LogP contribution in [0.3, 0.4) is 0 Å². The second kappa shape index (κ2) is 9.60. The summed E-state index contributed by atoms with van der Waals surface area (Å²) in [6.45, 7) is 4.78. The first-order chi connectivity index (χ1) is 15.1. The fourth-order valence-corrected chi connectivity index (χ4v) is 4.95. The molecule has 8 nitrogen and oxygen atoms in total. The summed E-state index contributed by atoms with van der Waals surface area (Å²) in [5.74, 6) is -0.304. The molecular formula is C23H30N4O4S. The minimum atomic E-state index is -3.75. The Bertz CT molecular complexity index is 1070. The van der Waals surface area contributed by atoms with Gasteiger partial charge in [-0.3, -0.25) is 9.52 Å². The Morgan fingerprint density at radius 3 is 2.06 bits per heavy atom. The third-order valence-corrected chi connectivity index (χ3v) is 7.03. The van der Waals surface area contributed by atoms with Crippen molar-refractivity contribution in [2.24, 2.45) is 5.92 Å². The van der Waals surface area contributed by atoms with Crippen LogP contribution in [0.5, 0.6) is 0 Å². The van der Waals surface area contributed by atoms with Crippen LogP contribution in [-0.4, -0.2) is 57.3 Å². The molecule has 32 heavy (non-hydrogen) atoms. The Morgan fingerprint density at radius 1 is 0.969 bits per heavy atom. The first-order valence-corrected chi connectivity index (χ1v) is 12.0. The van der Waals surface area contributed by atoms with Crippen molar-refractivity contribution in [3.63, 3.8) is 0 Å². The molecule has 172 valence electrons. The molecule has 1 fully saturated rings. The molecule has 2 aromatic carbocycles. The molecule has 1 aliphatic rings. The highest BCUT2D eigenvalue weighted by Gasteiger charge is 2.28. The van der Waals surface area contributed by atoms with Crippen LogP contribution in [0.1, 0.15) is 24.0 Å². The van der Waals surface area contributed by atoms with E-state index in [-0.39, 0.29) is 22.8 Å². The topological polar surface area (TPSA) is 98.8 Å². The van der Waals surface area contributed by atoms with E-state index in [1.165, 1.54) is 17.0 Å². The standard InChI is InChI=1S/C23H30N4O4S/c1-16-6-5-7-17(2)21(16)25-32(30,31)20-10-8-19(9-11-20)24-22(28)18-12-14-27(15-13-18)23(29)26(3)4/h5-11,18,25H,12-15H2,1-4H3,(H,24,28). The van der Waals surface area contributed by atoms with Gasteiger partial charge in [0.25, 0.3) is 10.0 Å². The lowest BCUT2D eigenvalue weighted by Gasteiger charge is -2.33. The molecule has 3 amide bonds. The van der Waals surface area contributed by atoms with Crippen molar-refractivity contribution in [2.45, 2.75) is 31.6 Å². The molecule has 0 radical (unpaired) electrons. The zero-order valence-electron chi connectivity index (χ0n) is 18.9. The number of amides is 3. The normalized spacial score (nSPS) is 14.7. The van der Waals surface area contributed by atoms with Crippen molar-refractivity contribution in [3.05, 3.63) is 53.6 Å². The average Bonchev–Trinajstić information content (AvgIpc) is 2.76. The number of nitrogens with zero attached hydrogens (tertiary/aromatic N) is 2. The number of carbonyl (C=O) groups is 2. The van der Waals surface area contributed by atoms with Gasteiger partial charge in [0.15, 0.2) is 0 Å². The molecule has 0 unspecified atom stereocenters. The Hall–Kier alpha value is -3.07. The lowest BCUT2D eigenvalue weighted by molar-refractivity contribution is -0.121. The van der Waals surface area contributed by atoms with E-state index in [4.69, 9.17) is 0 Å². The molecule has 0 bridgehead atoms. The summed E-state index contributed by atoms with van der Waals surface area (Å²) in [6, 6.07) is 11.7. The number of benzene rings is 2. The predicted octanol–water partition coefficient (Wildman–Crippen LogP) is 3.44. The predicted molar refractivity (Wildman–Crippen MR) is 125 cm³/mol. The summed E-state index contributed by atoms with van der Waals surface area (Å²) in [7, 11) is -0.328. The summed E-state index contributed by atoms with van der Waals surface area (Å²) in [6.07, 6.45) is 1.19. The van der Waals surface area contributed by atoms with Gasteiger partial charge in [0.2, 0.25) is 5.91 Å². The number of urea groups is 1. The minimum Gasteiger partial charge on any atom is -0.331 e. The van der Waals surface area contributed by atoms with E-state index >= 15 is 0 Å². The van der Waals surface area contributed by atoms with Gasteiger partial charge in [-0.25, -0.2) is 13.2 Å². The van der Waals surface area contributed by atoms with Gasteiger partial charge >= 0.3 is 6.03 Å². The van der Waals surface area contributed by atoms with Gasteiger partial charge < -0.3 is 15.1 Å². The summed E-state index contributed by atoms with van der Waals surface area (Å²) < 4.78 is 28.2. The van der Waals surface area contributed by atoms with Gasteiger partial charge in [0.1, 0.15) is 0 Å². The fourth-order valence-electron chi connectivity index (χ4n) is 3.75. The zero-order chi connectivity index (χ0) is 23.5. The number of aryl methyl sites for hydroxylation is 2. The second-order valence-electron chi connectivity index (χ2n) is 8.32. The number of carbonyl (C=O) groups excluding carboxylic acids is 2. The smallest absolute Gasteiger partial charge is 0.319 e. The number of hydrogen-bond donors (Lipinski definition) is 2. The number of para-hydroxylation sites is 1. The van der Waals surface area contributed by atoms with Crippen LogP contribution in [0, 0.1) is 19.8 Å². The van der Waals surface area contributed by atoms with Crippen LogP contribution in [0.15, 0.2) is 47.4 Å². The number of anilines is 2. The van der Waals surface area contributed by atoms with Crippen LogP contribution < -0.4 is 10.0 Å². The van der Waals surface area contributed by atoms with E-state index in [2.05, 4.69) is 10.0 Å². The van der Waals surface area contributed by atoms with Crippen LogP contribution in [-0.2, 0) is 14.8 Å². The first kappa shape index (κ1) is 23.6. The second-order valence-corrected chi connectivity index (χ2v) is 10.0. The van der Waals surface area contributed by atoms with Crippen LogP contribution in [0.4, 0.5) is 16.2 Å². The first-order valence-electron chi connectivity index (χ1n) is 10.5. The van der Waals surface area contributed by atoms with Crippen molar-refractivity contribution < 1.29 is 18.0 Å².